The summed E-state index contributed by atoms with van der Waals surface area (Å²) in [6.07, 6.45) is 0.554. The number of benzene rings is 1. The molecule has 1 aliphatic rings. The van der Waals surface area contributed by atoms with Gasteiger partial charge in [0.05, 0.1) is 5.69 Å². The van der Waals surface area contributed by atoms with Gasteiger partial charge in [0, 0.05) is 17.9 Å². The lowest BCUT2D eigenvalue weighted by molar-refractivity contribution is -0.117. The highest BCUT2D eigenvalue weighted by Gasteiger charge is 2.30. The van der Waals surface area contributed by atoms with Crippen molar-refractivity contribution in [1.29, 1.82) is 0 Å². The van der Waals surface area contributed by atoms with Crippen LogP contribution in [0.5, 0.6) is 0 Å². The minimum atomic E-state index is 0.145. The van der Waals surface area contributed by atoms with Gasteiger partial charge in [-0.3, -0.25) is 4.79 Å². The number of rotatable bonds is 2. The molecule has 1 fully saturated rings. The summed E-state index contributed by atoms with van der Waals surface area (Å²) in [5, 5.41) is 0. The normalized spacial score (nSPS) is 21.1. The highest BCUT2D eigenvalue weighted by Crippen LogP contribution is 2.29. The van der Waals surface area contributed by atoms with Crippen LogP contribution in [-0.2, 0) is 4.79 Å². The van der Waals surface area contributed by atoms with Gasteiger partial charge in [0.1, 0.15) is 0 Å². The van der Waals surface area contributed by atoms with E-state index in [1.807, 2.05) is 24.3 Å². The molecule has 1 atom stereocenters. The standard InChI is InChI=1S/C11H14N2OS/c12-6-8-5-11(14)13(7-8)9-3-1-2-4-10(9)15/h1-4,8,15H,5-7,12H2. The molecule has 0 bridgehead atoms. The van der Waals surface area contributed by atoms with Gasteiger partial charge in [-0.25, -0.2) is 0 Å². The zero-order valence-electron chi connectivity index (χ0n) is 8.39. The van der Waals surface area contributed by atoms with Crippen LogP contribution in [0.25, 0.3) is 0 Å². The number of para-hydroxylation sites is 1. The Morgan fingerprint density at radius 3 is 2.80 bits per heavy atom. The van der Waals surface area contributed by atoms with Gasteiger partial charge in [-0.15, -0.1) is 12.6 Å². The van der Waals surface area contributed by atoms with Crippen LogP contribution < -0.4 is 10.6 Å². The smallest absolute Gasteiger partial charge is 0.227 e. The molecule has 1 saturated heterocycles. The summed E-state index contributed by atoms with van der Waals surface area (Å²) in [5.41, 5.74) is 6.47. The van der Waals surface area contributed by atoms with Gasteiger partial charge in [-0.1, -0.05) is 12.1 Å². The Hall–Kier alpha value is -1.00. The fraction of sp³-hybridized carbons (Fsp3) is 0.364. The molecular formula is C11H14N2OS. The van der Waals surface area contributed by atoms with Crippen molar-refractivity contribution in [2.45, 2.75) is 11.3 Å². The zero-order valence-corrected chi connectivity index (χ0v) is 9.28. The van der Waals surface area contributed by atoms with Gasteiger partial charge < -0.3 is 10.6 Å². The van der Waals surface area contributed by atoms with E-state index in [2.05, 4.69) is 12.6 Å². The number of amides is 1. The molecule has 4 heteroatoms. The highest BCUT2D eigenvalue weighted by molar-refractivity contribution is 7.80. The number of carbonyl (C=O) groups excluding carboxylic acids is 1. The maximum Gasteiger partial charge on any atom is 0.227 e. The van der Waals surface area contributed by atoms with Crippen molar-refractivity contribution < 1.29 is 4.79 Å². The lowest BCUT2D eigenvalue weighted by atomic mass is 10.1. The van der Waals surface area contributed by atoms with Crippen molar-refractivity contribution in [2.24, 2.45) is 11.7 Å². The molecule has 80 valence electrons. The van der Waals surface area contributed by atoms with Crippen molar-refractivity contribution in [1.82, 2.24) is 0 Å². The first-order valence-electron chi connectivity index (χ1n) is 5.01. The van der Waals surface area contributed by atoms with E-state index in [1.54, 1.807) is 4.90 Å². The van der Waals surface area contributed by atoms with Gasteiger partial charge in [0.25, 0.3) is 0 Å². The second kappa shape index (κ2) is 4.24. The predicted molar refractivity (Wildman–Crippen MR) is 63.2 cm³/mol. The Balaban J connectivity index is 2.25. The van der Waals surface area contributed by atoms with Crippen LogP contribution >= 0.6 is 12.6 Å². The number of carbonyl (C=O) groups is 1. The molecule has 1 heterocycles. The third-order valence-corrected chi connectivity index (χ3v) is 3.09. The molecule has 1 aromatic carbocycles. The largest absolute Gasteiger partial charge is 0.330 e. The van der Waals surface area contributed by atoms with E-state index < -0.39 is 0 Å². The van der Waals surface area contributed by atoms with Crippen molar-refractivity contribution >= 4 is 24.2 Å². The molecule has 0 saturated carbocycles. The van der Waals surface area contributed by atoms with Crippen LogP contribution in [0.2, 0.25) is 0 Å². The molecule has 0 radical (unpaired) electrons. The topological polar surface area (TPSA) is 46.3 Å². The Morgan fingerprint density at radius 2 is 2.20 bits per heavy atom. The van der Waals surface area contributed by atoms with E-state index in [0.29, 0.717) is 19.5 Å². The number of thiol groups is 1. The van der Waals surface area contributed by atoms with Crippen LogP contribution in [0.3, 0.4) is 0 Å². The average molecular weight is 222 g/mol. The first-order valence-corrected chi connectivity index (χ1v) is 5.45. The Bertz CT molecular complexity index is 381. The third kappa shape index (κ3) is 2.01. The summed E-state index contributed by atoms with van der Waals surface area (Å²) in [6.45, 7) is 1.28. The summed E-state index contributed by atoms with van der Waals surface area (Å²) in [7, 11) is 0. The van der Waals surface area contributed by atoms with Crippen LogP contribution in [-0.4, -0.2) is 19.0 Å². The Morgan fingerprint density at radius 1 is 1.47 bits per heavy atom. The Labute approximate surface area is 94.7 Å². The van der Waals surface area contributed by atoms with E-state index >= 15 is 0 Å². The van der Waals surface area contributed by atoms with Crippen LogP contribution in [0, 0.1) is 5.92 Å². The molecule has 0 aromatic heterocycles. The van der Waals surface area contributed by atoms with Gasteiger partial charge >= 0.3 is 0 Å². The third-order valence-electron chi connectivity index (χ3n) is 2.71. The fourth-order valence-electron chi connectivity index (χ4n) is 1.86. The van der Waals surface area contributed by atoms with Gasteiger partial charge in [-0.2, -0.15) is 0 Å². The SMILES string of the molecule is NCC1CC(=O)N(c2ccccc2S)C1. The minimum Gasteiger partial charge on any atom is -0.330 e. The summed E-state index contributed by atoms with van der Waals surface area (Å²) in [4.78, 5) is 14.3. The molecule has 0 aliphatic carbocycles. The first-order chi connectivity index (χ1) is 7.22. The van der Waals surface area contributed by atoms with Crippen LogP contribution in [0.1, 0.15) is 6.42 Å². The van der Waals surface area contributed by atoms with Crippen LogP contribution in [0.4, 0.5) is 5.69 Å². The van der Waals surface area contributed by atoms with Crippen molar-refractivity contribution in [3.05, 3.63) is 24.3 Å². The summed E-state index contributed by atoms with van der Waals surface area (Å²) in [6, 6.07) is 7.63. The number of anilines is 1. The van der Waals surface area contributed by atoms with Gasteiger partial charge in [-0.05, 0) is 24.6 Å². The van der Waals surface area contributed by atoms with Gasteiger partial charge in [0.15, 0.2) is 0 Å². The van der Waals surface area contributed by atoms with Gasteiger partial charge in [0.2, 0.25) is 5.91 Å². The summed E-state index contributed by atoms with van der Waals surface area (Å²) < 4.78 is 0. The van der Waals surface area contributed by atoms with Crippen molar-refractivity contribution in [2.75, 3.05) is 18.0 Å². The zero-order chi connectivity index (χ0) is 10.8. The number of nitrogens with zero attached hydrogens (tertiary/aromatic N) is 1. The van der Waals surface area contributed by atoms with E-state index in [0.717, 1.165) is 10.6 Å². The molecule has 2 N–H and O–H groups in total. The summed E-state index contributed by atoms with van der Waals surface area (Å²) >= 11 is 4.35. The van der Waals surface area contributed by atoms with Crippen LogP contribution in [0.15, 0.2) is 29.2 Å². The molecule has 3 nitrogen and oxygen atoms in total. The Kier molecular flexibility index (Phi) is 2.98. The van der Waals surface area contributed by atoms with E-state index in [9.17, 15) is 4.79 Å². The monoisotopic (exact) mass is 222 g/mol. The first kappa shape index (κ1) is 10.5. The molecule has 1 amide bonds. The second-order valence-electron chi connectivity index (χ2n) is 3.80. The summed E-state index contributed by atoms with van der Waals surface area (Å²) in [5.74, 6) is 0.428. The number of nitrogens with two attached hydrogens (primary N) is 1. The molecule has 1 aromatic rings. The molecular weight excluding hydrogens is 208 g/mol. The maximum absolute atomic E-state index is 11.7. The number of hydrogen-bond donors (Lipinski definition) is 2. The molecule has 15 heavy (non-hydrogen) atoms. The second-order valence-corrected chi connectivity index (χ2v) is 4.28. The minimum absolute atomic E-state index is 0.145. The highest BCUT2D eigenvalue weighted by atomic mass is 32.1. The lowest BCUT2D eigenvalue weighted by Crippen LogP contribution is -2.26. The molecule has 1 aliphatic heterocycles. The maximum atomic E-state index is 11.7. The predicted octanol–water partition coefficient (Wildman–Crippen LogP) is 1.29. The molecule has 1 unspecified atom stereocenters. The van der Waals surface area contributed by atoms with E-state index in [1.165, 1.54) is 0 Å². The molecule has 0 spiro atoms. The average Bonchev–Trinajstić information content (AvgIpc) is 2.60. The fourth-order valence-corrected chi connectivity index (χ4v) is 2.15. The van der Waals surface area contributed by atoms with Crippen molar-refractivity contribution in [3.63, 3.8) is 0 Å². The quantitative estimate of drug-likeness (QED) is 0.741. The number of hydrogen-bond acceptors (Lipinski definition) is 3. The lowest BCUT2D eigenvalue weighted by Gasteiger charge is -2.18. The van der Waals surface area contributed by atoms with E-state index in [-0.39, 0.29) is 11.8 Å². The molecule has 2 rings (SSSR count). The van der Waals surface area contributed by atoms with E-state index in [4.69, 9.17) is 5.73 Å². The van der Waals surface area contributed by atoms with Crippen molar-refractivity contribution in [3.8, 4) is 0 Å².